The van der Waals surface area contributed by atoms with Crippen molar-refractivity contribution in [3.05, 3.63) is 83.8 Å². The van der Waals surface area contributed by atoms with Crippen LogP contribution in [0.5, 0.6) is 5.75 Å². The third-order valence-corrected chi connectivity index (χ3v) is 6.41. The third kappa shape index (κ3) is 5.30. The minimum absolute atomic E-state index is 0.0526. The van der Waals surface area contributed by atoms with Gasteiger partial charge in [0.1, 0.15) is 5.75 Å². The Morgan fingerprint density at radius 1 is 1.03 bits per heavy atom. The molecule has 6 nitrogen and oxygen atoms in total. The first-order chi connectivity index (χ1) is 14.4. The highest BCUT2D eigenvalue weighted by atomic mass is 32.2. The Bertz CT molecular complexity index is 1090. The highest BCUT2D eigenvalue weighted by molar-refractivity contribution is 7.90. The van der Waals surface area contributed by atoms with E-state index in [2.05, 4.69) is 0 Å². The van der Waals surface area contributed by atoms with Crippen LogP contribution in [0.25, 0.3) is 0 Å². The largest absolute Gasteiger partial charge is 0.493 e. The maximum Gasteiger partial charge on any atom is 0.289 e. The van der Waals surface area contributed by atoms with Gasteiger partial charge < -0.3 is 14.1 Å². The van der Waals surface area contributed by atoms with Crippen molar-refractivity contribution in [3.63, 3.8) is 0 Å². The Morgan fingerprint density at radius 2 is 1.73 bits per heavy atom. The van der Waals surface area contributed by atoms with Gasteiger partial charge in [0, 0.05) is 19.2 Å². The minimum atomic E-state index is -3.57. The molecule has 7 heteroatoms. The van der Waals surface area contributed by atoms with Gasteiger partial charge in [-0.05, 0) is 43.2 Å². The van der Waals surface area contributed by atoms with E-state index in [1.807, 2.05) is 31.2 Å². The lowest BCUT2D eigenvalue weighted by atomic mass is 10.2. The summed E-state index contributed by atoms with van der Waals surface area (Å²) in [5.74, 6) is 0.232. The van der Waals surface area contributed by atoms with E-state index in [0.29, 0.717) is 25.1 Å². The van der Waals surface area contributed by atoms with Crippen molar-refractivity contribution in [1.29, 1.82) is 0 Å². The summed E-state index contributed by atoms with van der Waals surface area (Å²) < 4.78 is 36.4. The maximum absolute atomic E-state index is 12.8. The van der Waals surface area contributed by atoms with Gasteiger partial charge in [0.15, 0.2) is 15.6 Å². The molecule has 0 N–H and O–H groups in total. The van der Waals surface area contributed by atoms with Gasteiger partial charge in [0.2, 0.25) is 0 Å². The zero-order valence-corrected chi connectivity index (χ0v) is 17.9. The number of nitrogens with zero attached hydrogens (tertiary/aromatic N) is 1. The molecule has 0 aliphatic heterocycles. The van der Waals surface area contributed by atoms with Crippen molar-refractivity contribution in [2.24, 2.45) is 0 Å². The van der Waals surface area contributed by atoms with E-state index >= 15 is 0 Å². The Hall–Kier alpha value is -3.06. The van der Waals surface area contributed by atoms with E-state index in [-0.39, 0.29) is 22.3 Å². The number of furan rings is 1. The van der Waals surface area contributed by atoms with Crippen molar-refractivity contribution in [1.82, 2.24) is 4.90 Å². The van der Waals surface area contributed by atoms with Gasteiger partial charge in [-0.15, -0.1) is 0 Å². The molecule has 0 unspecified atom stereocenters. The highest BCUT2D eigenvalue weighted by Crippen LogP contribution is 2.21. The number of hydrogen-bond donors (Lipinski definition) is 0. The molecular weight excluding hydrogens is 402 g/mol. The second-order valence-corrected chi connectivity index (χ2v) is 9.03. The monoisotopic (exact) mass is 427 g/mol. The summed E-state index contributed by atoms with van der Waals surface area (Å²) in [6.45, 7) is 2.90. The molecule has 3 rings (SSSR count). The van der Waals surface area contributed by atoms with Crippen LogP contribution in [-0.4, -0.2) is 39.4 Å². The molecule has 1 heterocycles. The average Bonchev–Trinajstić information content (AvgIpc) is 3.19. The Morgan fingerprint density at radius 3 is 2.47 bits per heavy atom. The van der Waals surface area contributed by atoms with E-state index in [1.165, 1.54) is 29.4 Å². The smallest absolute Gasteiger partial charge is 0.289 e. The fourth-order valence-electron chi connectivity index (χ4n) is 3.03. The predicted octanol–water partition coefficient (Wildman–Crippen LogP) is 4.10. The number of amides is 1. The predicted molar refractivity (Wildman–Crippen MR) is 114 cm³/mol. The van der Waals surface area contributed by atoms with Crippen LogP contribution in [0.2, 0.25) is 0 Å². The second kappa shape index (κ2) is 9.63. The van der Waals surface area contributed by atoms with Gasteiger partial charge in [-0.25, -0.2) is 8.42 Å². The van der Waals surface area contributed by atoms with Crippen LogP contribution in [0.15, 0.2) is 76.2 Å². The Labute approximate surface area is 177 Å². The second-order valence-electron chi connectivity index (χ2n) is 7.04. The number of hydrogen-bond acceptors (Lipinski definition) is 5. The molecule has 1 amide bonds. The number of carbonyl (C=O) groups excluding carboxylic acids is 1. The van der Waals surface area contributed by atoms with E-state index in [4.69, 9.17) is 9.15 Å². The lowest BCUT2D eigenvalue weighted by Gasteiger charge is -2.17. The summed E-state index contributed by atoms with van der Waals surface area (Å²) in [6, 6.07) is 17.5. The number of sulfone groups is 1. The van der Waals surface area contributed by atoms with Crippen molar-refractivity contribution in [3.8, 4) is 5.75 Å². The van der Waals surface area contributed by atoms with Crippen molar-refractivity contribution in [2.75, 3.05) is 20.2 Å². The number of aryl methyl sites for hydroxylation is 1. The molecule has 0 bridgehead atoms. The summed E-state index contributed by atoms with van der Waals surface area (Å²) in [7, 11) is -1.91. The standard InChI is InChI=1S/C23H25NO5S/c1-18-9-6-7-12-21(18)28-15-8-14-24(2)23(25)22-19(13-16-29-22)17-30(26,27)20-10-4-3-5-11-20/h3-7,9-13,16H,8,14-15,17H2,1-2H3. The summed E-state index contributed by atoms with van der Waals surface area (Å²) in [5, 5.41) is 0. The molecule has 2 aromatic carbocycles. The van der Waals surface area contributed by atoms with Gasteiger partial charge in [0.05, 0.1) is 23.5 Å². The average molecular weight is 428 g/mol. The molecule has 0 saturated heterocycles. The molecular formula is C23H25NO5S. The van der Waals surface area contributed by atoms with Crippen LogP contribution < -0.4 is 4.74 Å². The maximum atomic E-state index is 12.8. The van der Waals surface area contributed by atoms with Crippen LogP contribution in [0.3, 0.4) is 0 Å². The fourth-order valence-corrected chi connectivity index (χ4v) is 4.41. The molecule has 158 valence electrons. The van der Waals surface area contributed by atoms with E-state index in [0.717, 1.165) is 11.3 Å². The number of carbonyl (C=O) groups is 1. The van der Waals surface area contributed by atoms with Crippen LogP contribution in [-0.2, 0) is 15.6 Å². The molecule has 3 aromatic rings. The molecule has 1 aromatic heterocycles. The van der Waals surface area contributed by atoms with Gasteiger partial charge in [-0.2, -0.15) is 0 Å². The lowest BCUT2D eigenvalue weighted by Crippen LogP contribution is -2.29. The summed E-state index contributed by atoms with van der Waals surface area (Å²) in [6.07, 6.45) is 1.98. The van der Waals surface area contributed by atoms with Crippen LogP contribution >= 0.6 is 0 Å². The third-order valence-electron chi connectivity index (χ3n) is 4.72. The van der Waals surface area contributed by atoms with Crippen molar-refractivity contribution >= 4 is 15.7 Å². The first-order valence-electron chi connectivity index (χ1n) is 9.66. The molecule has 0 saturated carbocycles. The lowest BCUT2D eigenvalue weighted by molar-refractivity contribution is 0.0755. The van der Waals surface area contributed by atoms with E-state index < -0.39 is 9.84 Å². The summed E-state index contributed by atoms with van der Waals surface area (Å²) >= 11 is 0. The first kappa shape index (κ1) is 21.6. The number of benzene rings is 2. The number of para-hydroxylation sites is 1. The van der Waals surface area contributed by atoms with Crippen LogP contribution in [0, 0.1) is 6.92 Å². The minimum Gasteiger partial charge on any atom is -0.493 e. The fraction of sp³-hybridized carbons (Fsp3) is 0.261. The quantitative estimate of drug-likeness (QED) is 0.481. The van der Waals surface area contributed by atoms with E-state index in [1.54, 1.807) is 25.2 Å². The van der Waals surface area contributed by atoms with Gasteiger partial charge in [-0.1, -0.05) is 36.4 Å². The zero-order valence-electron chi connectivity index (χ0n) is 17.1. The molecule has 0 aliphatic carbocycles. The first-order valence-corrected chi connectivity index (χ1v) is 11.3. The summed E-state index contributed by atoms with van der Waals surface area (Å²) in [5.41, 5.74) is 1.41. The Balaban J connectivity index is 1.58. The van der Waals surface area contributed by atoms with Crippen LogP contribution in [0.1, 0.15) is 28.1 Å². The number of rotatable bonds is 9. The van der Waals surface area contributed by atoms with Crippen molar-refractivity contribution in [2.45, 2.75) is 24.0 Å². The topological polar surface area (TPSA) is 76.8 Å². The number of ether oxygens (including phenoxy) is 1. The summed E-state index contributed by atoms with van der Waals surface area (Å²) in [4.78, 5) is 14.5. The van der Waals surface area contributed by atoms with Gasteiger partial charge in [0.25, 0.3) is 5.91 Å². The molecule has 30 heavy (non-hydrogen) atoms. The van der Waals surface area contributed by atoms with Crippen LogP contribution in [0.4, 0.5) is 0 Å². The van der Waals surface area contributed by atoms with Crippen molar-refractivity contribution < 1.29 is 22.4 Å². The van der Waals surface area contributed by atoms with Gasteiger partial charge in [-0.3, -0.25) is 4.79 Å². The van der Waals surface area contributed by atoms with E-state index in [9.17, 15) is 13.2 Å². The van der Waals surface area contributed by atoms with Gasteiger partial charge >= 0.3 is 0 Å². The highest BCUT2D eigenvalue weighted by Gasteiger charge is 2.24. The molecule has 0 radical (unpaired) electrons. The molecule has 0 spiro atoms. The Kier molecular flexibility index (Phi) is 6.95. The normalized spacial score (nSPS) is 11.3. The SMILES string of the molecule is Cc1ccccc1OCCCN(C)C(=O)c1occc1CS(=O)(=O)c1ccccc1. The molecule has 0 aliphatic rings. The molecule has 0 atom stereocenters. The molecule has 0 fully saturated rings. The zero-order chi connectivity index (χ0) is 21.6.